The molecule has 0 saturated carbocycles. The van der Waals surface area contributed by atoms with Crippen molar-refractivity contribution in [3.05, 3.63) is 158 Å². The Kier molecular flexibility index (Phi) is 3.95. The van der Waals surface area contributed by atoms with Gasteiger partial charge in [0, 0.05) is 10.8 Å². The summed E-state index contributed by atoms with van der Waals surface area (Å²) in [6.45, 7) is 0. The molecule has 0 aliphatic heterocycles. The molecule has 1 nitrogen and oxygen atoms in total. The maximum absolute atomic E-state index is 8.98. The van der Waals surface area contributed by atoms with E-state index in [4.69, 9.17) is 14.0 Å². The van der Waals surface area contributed by atoms with Crippen molar-refractivity contribution >= 4 is 54.3 Å². The molecule has 1 aromatic heterocycles. The van der Waals surface area contributed by atoms with Crippen molar-refractivity contribution in [3.8, 4) is 33.4 Å². The smallest absolute Gasteiger partial charge is 0.136 e. The highest BCUT2D eigenvalue weighted by Crippen LogP contribution is 2.38. The first-order valence-electron chi connectivity index (χ1n) is 17.7. The molecule has 0 bridgehead atoms. The molecule has 0 radical (unpaired) electrons. The summed E-state index contributed by atoms with van der Waals surface area (Å²) in [5.41, 5.74) is 4.76. The van der Waals surface area contributed by atoms with Crippen LogP contribution >= 0.6 is 0 Å². The lowest BCUT2D eigenvalue weighted by atomic mass is 9.91. The van der Waals surface area contributed by atoms with Gasteiger partial charge in [0.25, 0.3) is 0 Å². The van der Waals surface area contributed by atoms with Crippen LogP contribution in [0.3, 0.4) is 0 Å². The fraction of sp³-hybridized carbons (Fsp3) is 0. The van der Waals surface area contributed by atoms with Gasteiger partial charge in [0.1, 0.15) is 11.2 Å². The summed E-state index contributed by atoms with van der Waals surface area (Å²) < 4.78 is 65.3. The topological polar surface area (TPSA) is 13.1 Å². The molecule has 0 spiro atoms. The maximum atomic E-state index is 8.98. The Labute approximate surface area is 259 Å². The van der Waals surface area contributed by atoms with Gasteiger partial charge in [0.2, 0.25) is 0 Å². The number of fused-ring (bicyclic) bond motifs is 9. The highest BCUT2D eigenvalue weighted by Gasteiger charge is 2.11. The second-order valence-corrected chi connectivity index (χ2v) is 10.8. The summed E-state index contributed by atoms with van der Waals surface area (Å²) in [6, 6.07) is 37.4. The summed E-state index contributed by atoms with van der Waals surface area (Å²) in [7, 11) is 0. The molecule has 0 amide bonds. The quantitative estimate of drug-likeness (QED) is 0.198. The van der Waals surface area contributed by atoms with Crippen LogP contribution in [0.4, 0.5) is 0 Å². The van der Waals surface area contributed by atoms with Gasteiger partial charge in [-0.2, -0.15) is 0 Å². The van der Waals surface area contributed by atoms with Crippen molar-refractivity contribution in [2.24, 2.45) is 0 Å². The van der Waals surface area contributed by atoms with Crippen LogP contribution < -0.4 is 0 Å². The van der Waals surface area contributed by atoms with Crippen LogP contribution in [-0.4, -0.2) is 0 Å². The minimum absolute atomic E-state index is 0.0210. The van der Waals surface area contributed by atoms with Crippen LogP contribution in [0.15, 0.2) is 162 Å². The molecule has 43 heavy (non-hydrogen) atoms. The summed E-state index contributed by atoms with van der Waals surface area (Å²) in [6.07, 6.45) is 0. The second-order valence-electron chi connectivity index (χ2n) is 10.8. The Morgan fingerprint density at radius 3 is 1.60 bits per heavy atom. The first kappa shape index (κ1) is 18.0. The SMILES string of the molecule is [2H]c1c([2H])c([2H])c2c(oc3c([2H])c(-c4ccc(-c5cccc(-c6ccc7c8ccccc8c8ccccc8c7c6)c5)cc4)c([2H])c([2H])c32)c1[2H]. The third-order valence-corrected chi connectivity index (χ3v) is 8.33. The molecule has 0 aliphatic rings. The highest BCUT2D eigenvalue weighted by molar-refractivity contribution is 6.25. The number of furan rings is 1. The predicted octanol–water partition coefficient (Wildman–Crippen LogP) is 12.0. The van der Waals surface area contributed by atoms with E-state index in [-0.39, 0.29) is 57.7 Å². The minimum atomic E-state index is -0.451. The van der Waals surface area contributed by atoms with Crippen molar-refractivity contribution in [2.45, 2.75) is 0 Å². The first-order valence-corrected chi connectivity index (χ1v) is 14.2. The Morgan fingerprint density at radius 2 is 0.884 bits per heavy atom. The molecule has 0 atom stereocenters. The van der Waals surface area contributed by atoms with Gasteiger partial charge >= 0.3 is 0 Å². The molecule has 200 valence electrons. The van der Waals surface area contributed by atoms with Crippen molar-refractivity contribution in [2.75, 3.05) is 0 Å². The van der Waals surface area contributed by atoms with Crippen molar-refractivity contribution < 1.29 is 14.0 Å². The molecule has 0 unspecified atom stereocenters. The number of rotatable bonds is 3. The van der Waals surface area contributed by atoms with Crippen LogP contribution in [0, 0.1) is 0 Å². The monoisotopic (exact) mass is 553 g/mol. The third kappa shape index (κ3) is 3.86. The molecule has 9 aromatic rings. The molecule has 1 heterocycles. The van der Waals surface area contributed by atoms with Crippen LogP contribution in [0.5, 0.6) is 0 Å². The fourth-order valence-corrected chi connectivity index (χ4v) is 6.24. The van der Waals surface area contributed by atoms with Crippen LogP contribution in [0.25, 0.3) is 87.6 Å². The van der Waals surface area contributed by atoms with Crippen LogP contribution in [0.2, 0.25) is 0 Å². The van der Waals surface area contributed by atoms with E-state index < -0.39 is 12.1 Å². The zero-order chi connectivity index (χ0) is 34.4. The molecular formula is C42H26O. The minimum Gasteiger partial charge on any atom is -0.456 e. The average Bonchev–Trinajstić information content (AvgIpc) is 3.57. The summed E-state index contributed by atoms with van der Waals surface area (Å²) in [5, 5.41) is 7.43. The van der Waals surface area contributed by atoms with Crippen molar-refractivity contribution in [3.63, 3.8) is 0 Å². The van der Waals surface area contributed by atoms with E-state index in [0.29, 0.717) is 5.56 Å². The van der Waals surface area contributed by atoms with E-state index in [9.17, 15) is 0 Å². The van der Waals surface area contributed by atoms with Gasteiger partial charge < -0.3 is 4.42 Å². The molecule has 9 rings (SSSR count). The standard InChI is InChI=1S/C42H26O/c1-2-12-35-33(10-1)34-11-3-4-13-36(34)40-25-31(20-22-37(35)40)30-9-7-8-29(24-30)27-16-18-28(19-17-27)32-21-23-39-38-14-5-6-15-41(38)43-42(39)26-32/h1-26H/i5D,6D,14D,15D,21D,23D,26D. The van der Waals surface area contributed by atoms with E-state index >= 15 is 0 Å². The lowest BCUT2D eigenvalue weighted by Crippen LogP contribution is -1.86. The molecule has 8 aromatic carbocycles. The van der Waals surface area contributed by atoms with Crippen LogP contribution in [0.1, 0.15) is 9.60 Å². The highest BCUT2D eigenvalue weighted by atomic mass is 16.3. The molecule has 0 saturated heterocycles. The van der Waals surface area contributed by atoms with Gasteiger partial charge in [-0.25, -0.2) is 0 Å². The van der Waals surface area contributed by atoms with E-state index in [0.717, 1.165) is 22.3 Å². The molecule has 1 heteroatoms. The van der Waals surface area contributed by atoms with Crippen molar-refractivity contribution in [1.82, 2.24) is 0 Å². The van der Waals surface area contributed by atoms with Gasteiger partial charge in [-0.3, -0.25) is 0 Å². The number of hydrogen-bond acceptors (Lipinski definition) is 1. The van der Waals surface area contributed by atoms with E-state index in [2.05, 4.69) is 84.9 Å². The summed E-state index contributed by atoms with van der Waals surface area (Å²) >= 11 is 0. The number of benzene rings is 8. The second kappa shape index (κ2) is 9.44. The van der Waals surface area contributed by atoms with Gasteiger partial charge in [-0.1, -0.05) is 127 Å². The molecule has 0 fully saturated rings. The largest absolute Gasteiger partial charge is 0.456 e. The van der Waals surface area contributed by atoms with Crippen molar-refractivity contribution in [1.29, 1.82) is 0 Å². The summed E-state index contributed by atoms with van der Waals surface area (Å²) in [4.78, 5) is 0. The van der Waals surface area contributed by atoms with E-state index in [1.807, 2.05) is 30.3 Å². The Balaban J connectivity index is 1.12. The maximum Gasteiger partial charge on any atom is 0.136 e. The normalized spacial score (nSPS) is 14.0. The van der Waals surface area contributed by atoms with E-state index in [1.54, 1.807) is 0 Å². The van der Waals surface area contributed by atoms with Gasteiger partial charge in [-0.15, -0.1) is 0 Å². The first-order chi connectivity index (χ1) is 24.2. The Bertz CT molecular complexity index is 2860. The molecular weight excluding hydrogens is 520 g/mol. The number of hydrogen-bond donors (Lipinski definition) is 0. The Morgan fingerprint density at radius 1 is 0.349 bits per heavy atom. The zero-order valence-corrected chi connectivity index (χ0v) is 22.9. The van der Waals surface area contributed by atoms with E-state index in [1.165, 1.54) is 32.3 Å². The third-order valence-electron chi connectivity index (χ3n) is 8.33. The molecule has 0 N–H and O–H groups in total. The fourth-order valence-electron chi connectivity index (χ4n) is 6.24. The van der Waals surface area contributed by atoms with Gasteiger partial charge in [0.15, 0.2) is 0 Å². The van der Waals surface area contributed by atoms with Gasteiger partial charge in [-0.05, 0) is 96.0 Å². The van der Waals surface area contributed by atoms with Gasteiger partial charge in [0.05, 0.1) is 9.60 Å². The summed E-state index contributed by atoms with van der Waals surface area (Å²) in [5.74, 6) is 0. The zero-order valence-electron chi connectivity index (χ0n) is 29.9. The number of para-hydroxylation sites is 1. The lowest BCUT2D eigenvalue weighted by Gasteiger charge is -2.12. The average molecular weight is 554 g/mol. The lowest BCUT2D eigenvalue weighted by molar-refractivity contribution is 0.669. The molecule has 0 aliphatic carbocycles. The van der Waals surface area contributed by atoms with Crippen LogP contribution in [-0.2, 0) is 0 Å². The predicted molar refractivity (Wildman–Crippen MR) is 183 cm³/mol. The Hall–Kier alpha value is -5.66.